The van der Waals surface area contributed by atoms with Crippen molar-refractivity contribution in [1.82, 2.24) is 4.90 Å². The van der Waals surface area contributed by atoms with Crippen LogP contribution in [0.1, 0.15) is 42.9 Å². The number of benzene rings is 2. The monoisotopic (exact) mass is 351 g/mol. The molecule has 2 aromatic carbocycles. The van der Waals surface area contributed by atoms with Gasteiger partial charge in [-0.2, -0.15) is 0 Å². The third kappa shape index (κ3) is 3.45. The van der Waals surface area contributed by atoms with Gasteiger partial charge < -0.3 is 9.84 Å². The van der Waals surface area contributed by atoms with Crippen LogP contribution in [0.25, 0.3) is 0 Å². The van der Waals surface area contributed by atoms with Crippen LogP contribution in [0.15, 0.2) is 42.5 Å². The summed E-state index contributed by atoms with van der Waals surface area (Å²) in [6, 6.07) is 14.9. The average molecular weight is 351 g/mol. The second kappa shape index (κ2) is 7.71. The van der Waals surface area contributed by atoms with E-state index in [2.05, 4.69) is 17.9 Å². The first-order chi connectivity index (χ1) is 12.8. The Balaban J connectivity index is 1.52. The number of rotatable bonds is 5. The number of phenolic OH excluding ortho intramolecular Hbond substituents is 1. The van der Waals surface area contributed by atoms with Crippen LogP contribution in [0, 0.1) is 5.92 Å². The highest BCUT2D eigenvalue weighted by molar-refractivity contribution is 5.51. The highest BCUT2D eigenvalue weighted by Crippen LogP contribution is 2.42. The molecule has 4 rings (SSSR count). The van der Waals surface area contributed by atoms with Gasteiger partial charge in [-0.3, -0.25) is 4.90 Å². The Hall–Kier alpha value is -2.00. The number of piperidine rings is 1. The van der Waals surface area contributed by atoms with Crippen LogP contribution in [-0.4, -0.2) is 29.1 Å². The molecule has 0 amide bonds. The van der Waals surface area contributed by atoms with Crippen LogP contribution >= 0.6 is 0 Å². The third-order valence-electron chi connectivity index (χ3n) is 6.02. The normalized spacial score (nSPS) is 22.5. The molecule has 0 saturated carbocycles. The van der Waals surface area contributed by atoms with E-state index in [9.17, 15) is 5.11 Å². The van der Waals surface area contributed by atoms with Crippen LogP contribution < -0.4 is 4.74 Å². The van der Waals surface area contributed by atoms with Crippen LogP contribution in [-0.2, 0) is 19.4 Å². The third-order valence-corrected chi connectivity index (χ3v) is 6.02. The van der Waals surface area contributed by atoms with Crippen LogP contribution in [0.3, 0.4) is 0 Å². The minimum atomic E-state index is 0.365. The molecule has 0 spiro atoms. The van der Waals surface area contributed by atoms with E-state index < -0.39 is 0 Å². The Morgan fingerprint density at radius 2 is 1.96 bits per heavy atom. The van der Waals surface area contributed by atoms with Gasteiger partial charge in [0.15, 0.2) is 11.5 Å². The van der Waals surface area contributed by atoms with Crippen molar-refractivity contribution in [3.05, 3.63) is 59.2 Å². The molecule has 1 N–H and O–H groups in total. The summed E-state index contributed by atoms with van der Waals surface area (Å²) < 4.78 is 5.92. The highest BCUT2D eigenvalue weighted by Gasteiger charge is 2.36. The van der Waals surface area contributed by atoms with Crippen molar-refractivity contribution in [2.24, 2.45) is 5.92 Å². The smallest absolute Gasteiger partial charge is 0.161 e. The SMILES string of the molecule is CCCN1CCCC2Cc3c(ccc(OCc4ccccc4)c3O)C[C@H]21. The van der Waals surface area contributed by atoms with Crippen LogP contribution in [0.5, 0.6) is 11.5 Å². The zero-order chi connectivity index (χ0) is 17.9. The second-order valence-corrected chi connectivity index (χ2v) is 7.74. The minimum absolute atomic E-state index is 0.365. The number of fused-ring (bicyclic) bond motifs is 2. The van der Waals surface area contributed by atoms with Crippen LogP contribution in [0.4, 0.5) is 0 Å². The summed E-state index contributed by atoms with van der Waals surface area (Å²) >= 11 is 0. The molecule has 138 valence electrons. The number of aromatic hydroxyl groups is 1. The maximum atomic E-state index is 10.8. The summed E-state index contributed by atoms with van der Waals surface area (Å²) in [7, 11) is 0. The van der Waals surface area contributed by atoms with Crippen LogP contribution in [0.2, 0.25) is 0 Å². The van der Waals surface area contributed by atoms with Gasteiger partial charge in [0.25, 0.3) is 0 Å². The summed E-state index contributed by atoms with van der Waals surface area (Å²) in [6.45, 7) is 5.18. The fraction of sp³-hybridized carbons (Fsp3) is 0.478. The minimum Gasteiger partial charge on any atom is -0.504 e. The van der Waals surface area contributed by atoms with Gasteiger partial charge in [0.2, 0.25) is 0 Å². The molecule has 1 aliphatic carbocycles. The Morgan fingerprint density at radius 1 is 1.12 bits per heavy atom. The van der Waals surface area contributed by atoms with Gasteiger partial charge >= 0.3 is 0 Å². The van der Waals surface area contributed by atoms with Gasteiger partial charge in [-0.25, -0.2) is 0 Å². The van der Waals surface area contributed by atoms with Gasteiger partial charge in [-0.15, -0.1) is 0 Å². The molecule has 1 heterocycles. The van der Waals surface area contributed by atoms with Crippen molar-refractivity contribution < 1.29 is 9.84 Å². The van der Waals surface area contributed by atoms with Crippen molar-refractivity contribution in [3.63, 3.8) is 0 Å². The molecule has 1 fully saturated rings. The van der Waals surface area contributed by atoms with Crippen molar-refractivity contribution in [2.75, 3.05) is 13.1 Å². The van der Waals surface area contributed by atoms with Crippen molar-refractivity contribution in [2.45, 2.75) is 51.7 Å². The van der Waals surface area contributed by atoms with Gasteiger partial charge in [0.05, 0.1) is 0 Å². The van der Waals surface area contributed by atoms with Gasteiger partial charge in [-0.05, 0) is 68.3 Å². The van der Waals surface area contributed by atoms with Gasteiger partial charge in [0.1, 0.15) is 6.61 Å². The Morgan fingerprint density at radius 3 is 2.77 bits per heavy atom. The maximum absolute atomic E-state index is 10.8. The Bertz CT molecular complexity index is 741. The van der Waals surface area contributed by atoms with E-state index in [1.165, 1.54) is 37.9 Å². The number of nitrogens with zero attached hydrogens (tertiary/aromatic N) is 1. The second-order valence-electron chi connectivity index (χ2n) is 7.74. The molecular formula is C23H29NO2. The van der Waals surface area contributed by atoms with E-state index in [4.69, 9.17) is 4.74 Å². The lowest BCUT2D eigenvalue weighted by Gasteiger charge is -2.44. The first-order valence-electron chi connectivity index (χ1n) is 10.0. The summed E-state index contributed by atoms with van der Waals surface area (Å²) in [5.41, 5.74) is 3.54. The standard InChI is InChI=1S/C23H29NO2/c1-2-12-24-13-6-9-19-14-20-18(15-21(19)24)10-11-22(23(20)25)26-16-17-7-4-3-5-8-17/h3-5,7-8,10-11,19,21,25H,2,6,9,12-16H2,1H3/t19?,21-/m1/s1. The maximum Gasteiger partial charge on any atom is 0.161 e. The number of likely N-dealkylation sites (tertiary alicyclic amines) is 1. The lowest BCUT2D eigenvalue weighted by Crippen LogP contribution is -2.49. The molecular weight excluding hydrogens is 322 g/mol. The highest BCUT2D eigenvalue weighted by atomic mass is 16.5. The fourth-order valence-electron chi connectivity index (χ4n) is 4.73. The molecule has 26 heavy (non-hydrogen) atoms. The van der Waals surface area contributed by atoms with E-state index in [0.717, 1.165) is 24.0 Å². The molecule has 2 atom stereocenters. The molecule has 1 saturated heterocycles. The topological polar surface area (TPSA) is 32.7 Å². The molecule has 1 unspecified atom stereocenters. The number of phenols is 1. The predicted octanol–water partition coefficient (Wildman–Crippen LogP) is 4.56. The van der Waals surface area contributed by atoms with Crippen molar-refractivity contribution >= 4 is 0 Å². The van der Waals surface area contributed by atoms with Gasteiger partial charge in [-0.1, -0.05) is 43.3 Å². The number of hydrogen-bond donors (Lipinski definition) is 1. The zero-order valence-corrected chi connectivity index (χ0v) is 15.7. The lowest BCUT2D eigenvalue weighted by molar-refractivity contribution is 0.0847. The first-order valence-corrected chi connectivity index (χ1v) is 10.0. The largest absolute Gasteiger partial charge is 0.504 e. The average Bonchev–Trinajstić information content (AvgIpc) is 2.68. The molecule has 0 bridgehead atoms. The van der Waals surface area contributed by atoms with E-state index in [0.29, 0.717) is 30.1 Å². The van der Waals surface area contributed by atoms with E-state index >= 15 is 0 Å². The Kier molecular flexibility index (Phi) is 5.16. The summed E-state index contributed by atoms with van der Waals surface area (Å²) in [5, 5.41) is 10.8. The van der Waals surface area contributed by atoms with E-state index in [1.54, 1.807) is 0 Å². The molecule has 2 aromatic rings. The quantitative estimate of drug-likeness (QED) is 0.857. The molecule has 3 nitrogen and oxygen atoms in total. The van der Waals surface area contributed by atoms with E-state index in [-0.39, 0.29) is 0 Å². The Labute approximate surface area is 156 Å². The molecule has 0 aromatic heterocycles. The first kappa shape index (κ1) is 17.4. The van der Waals surface area contributed by atoms with Crippen molar-refractivity contribution in [3.8, 4) is 11.5 Å². The summed E-state index contributed by atoms with van der Waals surface area (Å²) in [4.78, 5) is 2.67. The van der Waals surface area contributed by atoms with E-state index in [1.807, 2.05) is 36.4 Å². The molecule has 1 aliphatic heterocycles. The number of ether oxygens (including phenoxy) is 1. The summed E-state index contributed by atoms with van der Waals surface area (Å²) in [6.07, 6.45) is 5.81. The predicted molar refractivity (Wildman–Crippen MR) is 105 cm³/mol. The molecule has 3 heteroatoms. The van der Waals surface area contributed by atoms with Gasteiger partial charge in [0, 0.05) is 11.6 Å². The summed E-state index contributed by atoms with van der Waals surface area (Å²) in [5.74, 6) is 1.65. The fourth-order valence-corrected chi connectivity index (χ4v) is 4.73. The van der Waals surface area contributed by atoms with Crippen molar-refractivity contribution in [1.29, 1.82) is 0 Å². The lowest BCUT2D eigenvalue weighted by atomic mass is 9.75. The molecule has 2 aliphatic rings. The number of hydrogen-bond acceptors (Lipinski definition) is 3. The zero-order valence-electron chi connectivity index (χ0n) is 15.7. The molecule has 0 radical (unpaired) electrons.